The third-order valence-electron chi connectivity index (χ3n) is 2.01. The van der Waals surface area contributed by atoms with Gasteiger partial charge in [-0.1, -0.05) is 34.5 Å². The smallest absolute Gasteiger partial charge is 0.286 e. The second-order valence-electron chi connectivity index (χ2n) is 3.24. The molecule has 2 N–H and O–H groups in total. The summed E-state index contributed by atoms with van der Waals surface area (Å²) in [5.74, 6) is -0.363. The molecule has 18 heavy (non-hydrogen) atoms. The van der Waals surface area contributed by atoms with Crippen LogP contribution in [0.2, 0.25) is 10.0 Å². The Morgan fingerprint density at radius 2 is 2.11 bits per heavy atom. The molecule has 5 nitrogen and oxygen atoms in total. The van der Waals surface area contributed by atoms with Gasteiger partial charge in [-0.05, 0) is 18.2 Å². The Kier molecular flexibility index (Phi) is 4.00. The lowest BCUT2D eigenvalue weighted by atomic mass is 10.3. The van der Waals surface area contributed by atoms with Crippen LogP contribution in [0.4, 0.5) is 10.8 Å². The van der Waals surface area contributed by atoms with Crippen molar-refractivity contribution in [2.75, 3.05) is 17.7 Å². The number of carbonyl (C=O) groups excluding carboxylic acids is 1. The molecule has 0 radical (unpaired) electrons. The Morgan fingerprint density at radius 1 is 1.33 bits per heavy atom. The molecule has 1 aromatic heterocycles. The molecule has 0 saturated carbocycles. The minimum Gasteiger partial charge on any atom is -0.363 e. The van der Waals surface area contributed by atoms with E-state index < -0.39 is 0 Å². The van der Waals surface area contributed by atoms with Crippen LogP contribution in [-0.4, -0.2) is 23.2 Å². The van der Waals surface area contributed by atoms with Crippen molar-refractivity contribution in [3.05, 3.63) is 33.3 Å². The van der Waals surface area contributed by atoms with Crippen molar-refractivity contribution in [2.45, 2.75) is 0 Å². The summed E-state index contributed by atoms with van der Waals surface area (Å²) in [5, 5.41) is 14.7. The summed E-state index contributed by atoms with van der Waals surface area (Å²) in [7, 11) is 1.71. The molecule has 0 aliphatic carbocycles. The zero-order valence-corrected chi connectivity index (χ0v) is 11.5. The van der Waals surface area contributed by atoms with Crippen LogP contribution in [-0.2, 0) is 0 Å². The number of anilines is 2. The molecule has 0 bridgehead atoms. The summed E-state index contributed by atoms with van der Waals surface area (Å²) in [6.45, 7) is 0. The van der Waals surface area contributed by atoms with Gasteiger partial charge in [0.25, 0.3) is 5.91 Å². The van der Waals surface area contributed by atoms with Gasteiger partial charge in [0.05, 0.1) is 10.7 Å². The largest absolute Gasteiger partial charge is 0.363 e. The van der Waals surface area contributed by atoms with Crippen molar-refractivity contribution < 1.29 is 4.79 Å². The van der Waals surface area contributed by atoms with Gasteiger partial charge in [0.2, 0.25) is 10.1 Å². The first-order valence-corrected chi connectivity index (χ1v) is 6.45. The van der Waals surface area contributed by atoms with E-state index in [0.29, 0.717) is 20.9 Å². The molecule has 0 atom stereocenters. The second-order valence-corrected chi connectivity index (χ2v) is 5.06. The third kappa shape index (κ3) is 2.90. The van der Waals surface area contributed by atoms with Crippen LogP contribution in [0.25, 0.3) is 0 Å². The Hall–Kier alpha value is -1.37. The molecule has 0 aliphatic heterocycles. The highest BCUT2D eigenvalue weighted by Gasteiger charge is 2.13. The lowest BCUT2D eigenvalue weighted by Gasteiger charge is -2.05. The Labute approximate surface area is 117 Å². The number of halogens is 2. The zero-order chi connectivity index (χ0) is 13.1. The van der Waals surface area contributed by atoms with Gasteiger partial charge in [-0.25, -0.2) is 0 Å². The molecule has 1 amide bonds. The monoisotopic (exact) mass is 302 g/mol. The number of carbonyl (C=O) groups is 1. The van der Waals surface area contributed by atoms with E-state index in [-0.39, 0.29) is 10.9 Å². The standard InChI is InChI=1S/C10H8Cl2N4OS/c1-13-10-16-15-9(18-10)8(17)14-7-3-2-5(11)4-6(7)12/h2-4H,1H3,(H,13,16)(H,14,17). The number of nitrogens with zero attached hydrogens (tertiary/aromatic N) is 2. The normalized spacial score (nSPS) is 10.2. The first-order valence-electron chi connectivity index (χ1n) is 4.88. The molecule has 0 fully saturated rings. The number of benzene rings is 1. The van der Waals surface area contributed by atoms with Crippen molar-refractivity contribution in [3.8, 4) is 0 Å². The van der Waals surface area contributed by atoms with Crippen molar-refractivity contribution in [2.24, 2.45) is 0 Å². The van der Waals surface area contributed by atoms with E-state index in [2.05, 4.69) is 20.8 Å². The quantitative estimate of drug-likeness (QED) is 0.914. The summed E-state index contributed by atoms with van der Waals surface area (Å²) in [6.07, 6.45) is 0. The summed E-state index contributed by atoms with van der Waals surface area (Å²) in [5.41, 5.74) is 0.479. The van der Waals surface area contributed by atoms with Crippen LogP contribution < -0.4 is 10.6 Å². The van der Waals surface area contributed by atoms with E-state index in [9.17, 15) is 4.79 Å². The van der Waals surface area contributed by atoms with Gasteiger partial charge in [0.1, 0.15) is 0 Å². The maximum atomic E-state index is 11.9. The van der Waals surface area contributed by atoms with Crippen LogP contribution in [0.3, 0.4) is 0 Å². The summed E-state index contributed by atoms with van der Waals surface area (Å²) in [6, 6.07) is 4.82. The molecular weight excluding hydrogens is 295 g/mol. The fourth-order valence-corrected chi connectivity index (χ4v) is 2.23. The molecule has 2 rings (SSSR count). The molecule has 0 saturated heterocycles. The molecule has 0 aliphatic rings. The minimum atomic E-state index is -0.363. The first-order chi connectivity index (χ1) is 8.60. The molecule has 0 spiro atoms. The molecule has 8 heteroatoms. The van der Waals surface area contributed by atoms with Gasteiger partial charge in [-0.15, -0.1) is 10.2 Å². The average molecular weight is 303 g/mol. The lowest BCUT2D eigenvalue weighted by Crippen LogP contribution is -2.11. The van der Waals surface area contributed by atoms with E-state index in [4.69, 9.17) is 23.2 Å². The lowest BCUT2D eigenvalue weighted by molar-refractivity contribution is 0.102. The highest BCUT2D eigenvalue weighted by atomic mass is 35.5. The van der Waals surface area contributed by atoms with Crippen LogP contribution in [0, 0.1) is 0 Å². The first kappa shape index (κ1) is 13.1. The van der Waals surface area contributed by atoms with E-state index in [1.807, 2.05) is 0 Å². The summed E-state index contributed by atoms with van der Waals surface area (Å²) >= 11 is 12.9. The van der Waals surface area contributed by atoms with E-state index in [0.717, 1.165) is 11.3 Å². The van der Waals surface area contributed by atoms with E-state index >= 15 is 0 Å². The van der Waals surface area contributed by atoms with Gasteiger partial charge in [-0.2, -0.15) is 0 Å². The van der Waals surface area contributed by atoms with Gasteiger partial charge >= 0.3 is 0 Å². The highest BCUT2D eigenvalue weighted by molar-refractivity contribution is 7.17. The van der Waals surface area contributed by atoms with Crippen molar-refractivity contribution >= 4 is 51.3 Å². The van der Waals surface area contributed by atoms with Crippen molar-refractivity contribution in [1.82, 2.24) is 10.2 Å². The Bertz CT molecular complexity index is 587. The van der Waals surface area contributed by atoms with Crippen LogP contribution in [0.5, 0.6) is 0 Å². The van der Waals surface area contributed by atoms with Gasteiger partial charge in [0, 0.05) is 12.1 Å². The SMILES string of the molecule is CNc1nnc(C(=O)Nc2ccc(Cl)cc2Cl)s1. The molecule has 0 unspecified atom stereocenters. The molecular formula is C10H8Cl2N4OS. The average Bonchev–Trinajstić information content (AvgIpc) is 2.81. The molecule has 1 aromatic carbocycles. The fourth-order valence-electron chi connectivity index (χ4n) is 1.18. The number of rotatable bonds is 3. The minimum absolute atomic E-state index is 0.255. The van der Waals surface area contributed by atoms with E-state index in [1.54, 1.807) is 25.2 Å². The third-order valence-corrected chi connectivity index (χ3v) is 3.50. The molecule has 1 heterocycles. The van der Waals surface area contributed by atoms with Gasteiger partial charge in [-0.3, -0.25) is 4.79 Å². The second kappa shape index (κ2) is 5.51. The number of amides is 1. The molecule has 2 aromatic rings. The van der Waals surface area contributed by atoms with Crippen molar-refractivity contribution in [3.63, 3.8) is 0 Å². The van der Waals surface area contributed by atoms with Crippen LogP contribution in [0.1, 0.15) is 9.80 Å². The predicted molar refractivity (Wildman–Crippen MR) is 73.9 cm³/mol. The maximum Gasteiger partial charge on any atom is 0.286 e. The van der Waals surface area contributed by atoms with E-state index in [1.165, 1.54) is 0 Å². The number of nitrogens with one attached hydrogen (secondary N) is 2. The topological polar surface area (TPSA) is 66.9 Å². The van der Waals surface area contributed by atoms with Gasteiger partial charge in [0.15, 0.2) is 0 Å². The summed E-state index contributed by atoms with van der Waals surface area (Å²) < 4.78 is 0. The van der Waals surface area contributed by atoms with Crippen LogP contribution in [0.15, 0.2) is 18.2 Å². The van der Waals surface area contributed by atoms with Gasteiger partial charge < -0.3 is 10.6 Å². The highest BCUT2D eigenvalue weighted by Crippen LogP contribution is 2.26. The number of hydrogen-bond donors (Lipinski definition) is 2. The summed E-state index contributed by atoms with van der Waals surface area (Å²) in [4.78, 5) is 11.9. The number of hydrogen-bond acceptors (Lipinski definition) is 5. The zero-order valence-electron chi connectivity index (χ0n) is 9.20. The number of aromatic nitrogens is 2. The Morgan fingerprint density at radius 3 is 2.72 bits per heavy atom. The van der Waals surface area contributed by atoms with Crippen LogP contribution >= 0.6 is 34.5 Å². The predicted octanol–water partition coefficient (Wildman–Crippen LogP) is 3.14. The fraction of sp³-hybridized carbons (Fsp3) is 0.100. The maximum absolute atomic E-state index is 11.9. The molecule has 94 valence electrons. The van der Waals surface area contributed by atoms with Crippen molar-refractivity contribution in [1.29, 1.82) is 0 Å². The Balaban J connectivity index is 2.16.